The normalized spacial score (nSPS) is 12.5. The number of aromatic nitrogens is 2. The molecule has 5 nitrogen and oxygen atoms in total. The SMILES string of the molecule is COCC(CNCc1cnn(-c2ccccc2)c1)OC. The van der Waals surface area contributed by atoms with Crippen molar-refractivity contribution >= 4 is 0 Å². The van der Waals surface area contributed by atoms with Crippen LogP contribution in [0.5, 0.6) is 0 Å². The summed E-state index contributed by atoms with van der Waals surface area (Å²) in [6.45, 7) is 2.10. The number of para-hydroxylation sites is 1. The van der Waals surface area contributed by atoms with Crippen LogP contribution in [0.4, 0.5) is 0 Å². The summed E-state index contributed by atoms with van der Waals surface area (Å²) < 4.78 is 12.2. The first kappa shape index (κ1) is 14.7. The van der Waals surface area contributed by atoms with Crippen molar-refractivity contribution in [1.29, 1.82) is 0 Å². The fourth-order valence-corrected chi connectivity index (χ4v) is 1.95. The van der Waals surface area contributed by atoms with E-state index in [0.717, 1.165) is 24.3 Å². The minimum atomic E-state index is 0.0733. The van der Waals surface area contributed by atoms with E-state index in [1.807, 2.05) is 47.4 Å². The molecule has 1 atom stereocenters. The van der Waals surface area contributed by atoms with E-state index in [2.05, 4.69) is 10.4 Å². The van der Waals surface area contributed by atoms with Crippen LogP contribution in [0.15, 0.2) is 42.7 Å². The maximum atomic E-state index is 5.29. The molecule has 0 saturated carbocycles. The Kier molecular flexibility index (Phi) is 5.73. The molecule has 2 rings (SSSR count). The van der Waals surface area contributed by atoms with Gasteiger partial charge in [0, 0.05) is 39.1 Å². The molecule has 1 N–H and O–H groups in total. The molecule has 0 aliphatic heterocycles. The maximum Gasteiger partial charge on any atom is 0.0928 e. The van der Waals surface area contributed by atoms with Crippen molar-refractivity contribution in [2.75, 3.05) is 27.4 Å². The van der Waals surface area contributed by atoms with Crippen molar-refractivity contribution in [1.82, 2.24) is 15.1 Å². The largest absolute Gasteiger partial charge is 0.382 e. The maximum absolute atomic E-state index is 5.29. The Morgan fingerprint density at radius 3 is 2.75 bits per heavy atom. The Hall–Kier alpha value is -1.69. The highest BCUT2D eigenvalue weighted by atomic mass is 16.5. The van der Waals surface area contributed by atoms with Crippen LogP contribution in [-0.4, -0.2) is 43.3 Å². The third-order valence-electron chi connectivity index (χ3n) is 3.04. The summed E-state index contributed by atoms with van der Waals surface area (Å²) >= 11 is 0. The predicted molar refractivity (Wildman–Crippen MR) is 77.9 cm³/mol. The zero-order chi connectivity index (χ0) is 14.2. The zero-order valence-corrected chi connectivity index (χ0v) is 12.0. The lowest BCUT2D eigenvalue weighted by molar-refractivity contribution is 0.0288. The van der Waals surface area contributed by atoms with Gasteiger partial charge in [0.2, 0.25) is 0 Å². The fourth-order valence-electron chi connectivity index (χ4n) is 1.95. The summed E-state index contributed by atoms with van der Waals surface area (Å²) in [5, 5.41) is 7.71. The van der Waals surface area contributed by atoms with E-state index in [1.165, 1.54) is 0 Å². The Morgan fingerprint density at radius 2 is 2.05 bits per heavy atom. The van der Waals surface area contributed by atoms with Crippen LogP contribution >= 0.6 is 0 Å². The molecular formula is C15H21N3O2. The predicted octanol–water partition coefficient (Wildman–Crippen LogP) is 1.62. The lowest BCUT2D eigenvalue weighted by Crippen LogP contribution is -2.31. The Bertz CT molecular complexity index is 499. The molecule has 0 aliphatic rings. The third-order valence-corrected chi connectivity index (χ3v) is 3.04. The summed E-state index contributed by atoms with van der Waals surface area (Å²) in [6, 6.07) is 10.1. The van der Waals surface area contributed by atoms with Gasteiger partial charge in [-0.3, -0.25) is 0 Å². The van der Waals surface area contributed by atoms with Crippen molar-refractivity contribution in [2.45, 2.75) is 12.6 Å². The highest BCUT2D eigenvalue weighted by molar-refractivity contribution is 5.30. The molecule has 108 valence electrons. The summed E-state index contributed by atoms with van der Waals surface area (Å²) in [6.07, 6.45) is 3.97. The first-order chi connectivity index (χ1) is 9.83. The molecule has 2 aromatic rings. The fraction of sp³-hybridized carbons (Fsp3) is 0.400. The van der Waals surface area contributed by atoms with Crippen molar-refractivity contribution in [3.05, 3.63) is 48.3 Å². The highest BCUT2D eigenvalue weighted by Gasteiger charge is 2.06. The van der Waals surface area contributed by atoms with Crippen LogP contribution in [0.25, 0.3) is 5.69 Å². The minimum Gasteiger partial charge on any atom is -0.382 e. The van der Waals surface area contributed by atoms with Crippen LogP contribution < -0.4 is 5.32 Å². The van der Waals surface area contributed by atoms with Gasteiger partial charge in [0.1, 0.15) is 0 Å². The Labute approximate surface area is 119 Å². The number of benzene rings is 1. The van der Waals surface area contributed by atoms with Crippen molar-refractivity contribution in [3.63, 3.8) is 0 Å². The first-order valence-corrected chi connectivity index (χ1v) is 6.65. The van der Waals surface area contributed by atoms with Crippen molar-refractivity contribution < 1.29 is 9.47 Å². The molecule has 0 fully saturated rings. The summed E-state index contributed by atoms with van der Waals surface area (Å²) in [7, 11) is 3.37. The monoisotopic (exact) mass is 275 g/mol. The standard InChI is InChI=1S/C15H21N3O2/c1-19-12-15(20-2)10-16-8-13-9-17-18(11-13)14-6-4-3-5-7-14/h3-7,9,11,15-16H,8,10,12H2,1-2H3. The van der Waals surface area contributed by atoms with Crippen LogP contribution in [-0.2, 0) is 16.0 Å². The van der Waals surface area contributed by atoms with Gasteiger partial charge in [-0.25, -0.2) is 4.68 Å². The van der Waals surface area contributed by atoms with E-state index < -0.39 is 0 Å². The molecule has 0 aliphatic carbocycles. The molecule has 0 spiro atoms. The molecule has 0 amide bonds. The highest BCUT2D eigenvalue weighted by Crippen LogP contribution is 2.07. The Balaban J connectivity index is 1.84. The van der Waals surface area contributed by atoms with Gasteiger partial charge in [-0.05, 0) is 12.1 Å². The van der Waals surface area contributed by atoms with E-state index in [9.17, 15) is 0 Å². The molecule has 5 heteroatoms. The third kappa shape index (κ3) is 4.16. The second-order valence-corrected chi connectivity index (χ2v) is 4.57. The minimum absolute atomic E-state index is 0.0733. The number of hydrogen-bond donors (Lipinski definition) is 1. The van der Waals surface area contributed by atoms with E-state index >= 15 is 0 Å². The van der Waals surface area contributed by atoms with E-state index in [0.29, 0.717) is 6.61 Å². The molecule has 20 heavy (non-hydrogen) atoms. The summed E-state index contributed by atoms with van der Waals surface area (Å²) in [4.78, 5) is 0. The number of ether oxygens (including phenoxy) is 2. The van der Waals surface area contributed by atoms with Crippen LogP contribution in [0, 0.1) is 0 Å². The molecule has 1 aromatic heterocycles. The van der Waals surface area contributed by atoms with Gasteiger partial charge in [0.15, 0.2) is 0 Å². The molecule has 1 unspecified atom stereocenters. The van der Waals surface area contributed by atoms with Gasteiger partial charge in [-0.1, -0.05) is 18.2 Å². The first-order valence-electron chi connectivity index (χ1n) is 6.65. The summed E-state index contributed by atoms with van der Waals surface area (Å²) in [5.74, 6) is 0. The zero-order valence-electron chi connectivity index (χ0n) is 12.0. The average molecular weight is 275 g/mol. The molecular weight excluding hydrogens is 254 g/mol. The van der Waals surface area contributed by atoms with Gasteiger partial charge < -0.3 is 14.8 Å². The second-order valence-electron chi connectivity index (χ2n) is 4.57. The van der Waals surface area contributed by atoms with Gasteiger partial charge in [0.25, 0.3) is 0 Å². The van der Waals surface area contributed by atoms with E-state index in [4.69, 9.17) is 9.47 Å². The van der Waals surface area contributed by atoms with Gasteiger partial charge >= 0.3 is 0 Å². The number of nitrogens with one attached hydrogen (secondary N) is 1. The summed E-state index contributed by atoms with van der Waals surface area (Å²) in [5.41, 5.74) is 2.20. The lowest BCUT2D eigenvalue weighted by Gasteiger charge is -2.14. The number of rotatable bonds is 8. The van der Waals surface area contributed by atoms with Crippen LogP contribution in [0.3, 0.4) is 0 Å². The Morgan fingerprint density at radius 1 is 1.25 bits per heavy atom. The van der Waals surface area contributed by atoms with Gasteiger partial charge in [-0.15, -0.1) is 0 Å². The molecule has 0 saturated heterocycles. The topological polar surface area (TPSA) is 48.3 Å². The number of hydrogen-bond acceptors (Lipinski definition) is 4. The molecule has 1 heterocycles. The number of nitrogens with zero attached hydrogens (tertiary/aromatic N) is 2. The lowest BCUT2D eigenvalue weighted by atomic mass is 10.3. The van der Waals surface area contributed by atoms with Crippen molar-refractivity contribution in [3.8, 4) is 5.69 Å². The molecule has 0 radical (unpaired) electrons. The smallest absolute Gasteiger partial charge is 0.0928 e. The number of methoxy groups -OCH3 is 2. The second kappa shape index (κ2) is 7.79. The average Bonchev–Trinajstić information content (AvgIpc) is 2.96. The van der Waals surface area contributed by atoms with Crippen molar-refractivity contribution in [2.24, 2.45) is 0 Å². The van der Waals surface area contributed by atoms with Crippen LogP contribution in [0.2, 0.25) is 0 Å². The van der Waals surface area contributed by atoms with E-state index in [1.54, 1.807) is 14.2 Å². The quantitative estimate of drug-likeness (QED) is 0.795. The van der Waals surface area contributed by atoms with Gasteiger partial charge in [-0.2, -0.15) is 5.10 Å². The molecule has 0 bridgehead atoms. The van der Waals surface area contributed by atoms with Gasteiger partial charge in [0.05, 0.1) is 24.6 Å². The van der Waals surface area contributed by atoms with E-state index in [-0.39, 0.29) is 6.10 Å². The van der Waals surface area contributed by atoms with Crippen LogP contribution in [0.1, 0.15) is 5.56 Å². The molecule has 1 aromatic carbocycles.